The summed E-state index contributed by atoms with van der Waals surface area (Å²) in [7, 11) is 1.20. The Morgan fingerprint density at radius 2 is 2.11 bits per heavy atom. The summed E-state index contributed by atoms with van der Waals surface area (Å²) < 4.78 is 54.0. The molecule has 0 aliphatic carbocycles. The largest absolute Gasteiger partial charge is 0.429 e. The molecular weight excluding hydrogens is 504 g/mol. The highest BCUT2D eigenvalue weighted by molar-refractivity contribution is 6.16. The number of nitriles is 1. The highest BCUT2D eigenvalue weighted by Crippen LogP contribution is 2.37. The summed E-state index contributed by atoms with van der Waals surface area (Å²) in [5.74, 6) is -1.42. The molecule has 3 rings (SSSR count). The quantitative estimate of drug-likeness (QED) is 0.133. The van der Waals surface area contributed by atoms with Gasteiger partial charge in [-0.05, 0) is 18.6 Å². The second-order valence-electron chi connectivity index (χ2n) is 8.13. The lowest BCUT2D eigenvalue weighted by molar-refractivity contribution is -0.171. The lowest BCUT2D eigenvalue weighted by Gasteiger charge is -2.29. The van der Waals surface area contributed by atoms with Gasteiger partial charge in [0, 0.05) is 48.4 Å². The van der Waals surface area contributed by atoms with E-state index in [1.807, 2.05) is 0 Å². The first-order valence-corrected chi connectivity index (χ1v) is 11.2. The van der Waals surface area contributed by atoms with Crippen LogP contribution in [0.3, 0.4) is 0 Å². The number of nitrogens with zero attached hydrogens (tertiary/aromatic N) is 5. The number of hydrogen-bond donors (Lipinski definition) is 5. The molecule has 0 spiro atoms. The molecule has 0 amide bonds. The normalized spacial score (nSPS) is 17.0. The second-order valence-corrected chi connectivity index (χ2v) is 8.13. The van der Waals surface area contributed by atoms with Crippen molar-refractivity contribution in [3.05, 3.63) is 70.7 Å². The van der Waals surface area contributed by atoms with Crippen LogP contribution >= 0.6 is 0 Å². The molecule has 2 heterocycles. The molecule has 14 heteroatoms. The Balaban J connectivity index is 2.17. The van der Waals surface area contributed by atoms with E-state index >= 15 is 0 Å². The van der Waals surface area contributed by atoms with Gasteiger partial charge in [-0.1, -0.05) is 19.1 Å². The molecule has 10 nitrogen and oxygen atoms in total. The van der Waals surface area contributed by atoms with Crippen LogP contribution in [-0.2, 0) is 0 Å². The van der Waals surface area contributed by atoms with Gasteiger partial charge in [-0.25, -0.2) is 14.9 Å². The van der Waals surface area contributed by atoms with Crippen molar-refractivity contribution in [1.29, 1.82) is 16.2 Å². The van der Waals surface area contributed by atoms with Crippen molar-refractivity contribution in [1.82, 2.24) is 9.88 Å². The van der Waals surface area contributed by atoms with Gasteiger partial charge >= 0.3 is 6.18 Å². The van der Waals surface area contributed by atoms with E-state index in [1.54, 1.807) is 13.0 Å². The van der Waals surface area contributed by atoms with Crippen LogP contribution in [0, 0.1) is 28.1 Å². The van der Waals surface area contributed by atoms with E-state index in [-0.39, 0.29) is 45.3 Å². The van der Waals surface area contributed by atoms with Gasteiger partial charge in [-0.2, -0.15) is 23.5 Å². The van der Waals surface area contributed by atoms with Gasteiger partial charge in [-0.15, -0.1) is 0 Å². The average Bonchev–Trinajstić information content (AvgIpc) is 3.26. The van der Waals surface area contributed by atoms with Crippen molar-refractivity contribution in [2.45, 2.75) is 31.6 Å². The van der Waals surface area contributed by atoms with Crippen LogP contribution in [0.15, 0.2) is 57.5 Å². The Morgan fingerprint density at radius 3 is 2.66 bits per heavy atom. The number of halogens is 4. The molecule has 0 fully saturated rings. The predicted molar refractivity (Wildman–Crippen MR) is 135 cm³/mol. The van der Waals surface area contributed by atoms with Gasteiger partial charge in [0.15, 0.2) is 0 Å². The highest BCUT2D eigenvalue weighted by atomic mass is 19.4. The number of allylic oxidation sites excluding steroid dienone is 2. The third-order valence-corrected chi connectivity index (χ3v) is 5.76. The van der Waals surface area contributed by atoms with Crippen LogP contribution in [0.25, 0.3) is 5.57 Å². The first-order valence-electron chi connectivity index (χ1n) is 11.2. The van der Waals surface area contributed by atoms with Gasteiger partial charge in [0.1, 0.15) is 24.1 Å². The van der Waals surface area contributed by atoms with E-state index in [4.69, 9.17) is 16.7 Å². The number of H-pyrrole nitrogens is 1. The molecule has 1 aromatic heterocycles. The van der Waals surface area contributed by atoms with Crippen LogP contribution in [0.4, 0.5) is 23.2 Å². The van der Waals surface area contributed by atoms with Gasteiger partial charge in [0.25, 0.3) is 0 Å². The van der Waals surface area contributed by atoms with Crippen LogP contribution in [0.5, 0.6) is 0 Å². The second kappa shape index (κ2) is 11.5. The van der Waals surface area contributed by atoms with Crippen LogP contribution in [0.2, 0.25) is 0 Å². The first-order chi connectivity index (χ1) is 18.1. The fourth-order valence-corrected chi connectivity index (χ4v) is 4.04. The number of alkyl halides is 3. The molecule has 6 N–H and O–H groups in total. The number of aliphatic imine (C=N–C) groups is 2. The van der Waals surface area contributed by atoms with E-state index in [9.17, 15) is 22.8 Å². The molecule has 2 unspecified atom stereocenters. The molecular formula is C24H24F4N10. The fraction of sp³-hybridized carbons (Fsp3) is 0.250. The summed E-state index contributed by atoms with van der Waals surface area (Å²) in [6.45, 7) is 1.77. The molecule has 0 radical (unpaired) electrons. The summed E-state index contributed by atoms with van der Waals surface area (Å²) in [5.41, 5.74) is 14.7. The van der Waals surface area contributed by atoms with Gasteiger partial charge < -0.3 is 20.9 Å². The van der Waals surface area contributed by atoms with Gasteiger partial charge in [-0.3, -0.25) is 10.4 Å². The van der Waals surface area contributed by atoms with Crippen molar-refractivity contribution >= 4 is 29.6 Å². The van der Waals surface area contributed by atoms with Crippen LogP contribution < -0.4 is 11.1 Å². The van der Waals surface area contributed by atoms with Gasteiger partial charge in [0.2, 0.25) is 6.17 Å². The number of aromatic amines is 1. The van der Waals surface area contributed by atoms with E-state index in [1.165, 1.54) is 37.6 Å². The molecule has 198 valence electrons. The Bertz CT molecular complexity index is 1380. The zero-order valence-electron chi connectivity index (χ0n) is 20.3. The lowest BCUT2D eigenvalue weighted by atomic mass is 9.92. The minimum atomic E-state index is -4.62. The summed E-state index contributed by atoms with van der Waals surface area (Å²) in [5, 5.41) is 23.7. The van der Waals surface area contributed by atoms with Crippen molar-refractivity contribution in [2.24, 2.45) is 20.8 Å². The Labute approximate surface area is 215 Å². The standard InChI is InChI=1S/C24H24F4N10/c1-3-14(18(37-32)10-33-17-7-5-4-6-16(17)25)20-15(8-29)19(21(36-20)22(31)35-12-30)13-9-34-23(24(26,27)28)38(2)11-13/h4-7,9-12,14,23,32-33,36H,3H2,1-2H3,(H3,30,31,35)/b18-10-,37-32?. The third-order valence-electron chi connectivity index (χ3n) is 5.76. The van der Waals surface area contributed by atoms with E-state index in [0.29, 0.717) is 12.8 Å². The maximum absolute atomic E-state index is 14.1. The van der Waals surface area contributed by atoms with Gasteiger partial charge in [0.05, 0.1) is 22.6 Å². The molecule has 2 atom stereocenters. The maximum atomic E-state index is 14.1. The number of hydrogen-bond acceptors (Lipinski definition) is 7. The summed E-state index contributed by atoms with van der Waals surface area (Å²) in [6.07, 6.45) is -2.19. The van der Waals surface area contributed by atoms with Crippen LogP contribution in [-0.4, -0.2) is 47.7 Å². The number of nitrogens with one attached hydrogen (secondary N) is 4. The predicted octanol–water partition coefficient (Wildman–Crippen LogP) is 5.06. The lowest BCUT2D eigenvalue weighted by Crippen LogP contribution is -2.41. The molecule has 38 heavy (non-hydrogen) atoms. The molecule has 1 aromatic carbocycles. The van der Waals surface area contributed by atoms with Crippen molar-refractivity contribution in [2.75, 3.05) is 12.4 Å². The number of para-hydroxylation sites is 1. The van der Waals surface area contributed by atoms with Crippen molar-refractivity contribution in [3.63, 3.8) is 0 Å². The Morgan fingerprint density at radius 1 is 1.39 bits per heavy atom. The molecule has 0 bridgehead atoms. The zero-order valence-corrected chi connectivity index (χ0v) is 20.3. The number of nitrogens with two attached hydrogens (primary N) is 1. The monoisotopic (exact) mass is 528 g/mol. The smallest absolute Gasteiger partial charge is 0.382 e. The maximum Gasteiger partial charge on any atom is 0.429 e. The van der Waals surface area contributed by atoms with Crippen molar-refractivity contribution < 1.29 is 17.6 Å². The fourth-order valence-electron chi connectivity index (χ4n) is 4.04. The molecule has 2 aromatic rings. The van der Waals surface area contributed by atoms with Crippen molar-refractivity contribution in [3.8, 4) is 6.07 Å². The number of aromatic nitrogens is 1. The van der Waals surface area contributed by atoms with Crippen LogP contribution in [0.1, 0.15) is 41.8 Å². The summed E-state index contributed by atoms with van der Waals surface area (Å²) >= 11 is 0. The molecule has 1 aliphatic heterocycles. The number of amidine groups is 1. The average molecular weight is 529 g/mol. The van der Waals surface area contributed by atoms with E-state index < -0.39 is 24.1 Å². The van der Waals surface area contributed by atoms with E-state index in [2.05, 4.69) is 31.5 Å². The minimum absolute atomic E-state index is 0.0204. The molecule has 0 saturated carbocycles. The number of benzene rings is 1. The number of anilines is 1. The first kappa shape index (κ1) is 27.8. The zero-order chi connectivity index (χ0) is 28.0. The number of rotatable bonds is 9. The van der Waals surface area contributed by atoms with E-state index in [0.717, 1.165) is 11.1 Å². The Hall–Kier alpha value is -4.80. The minimum Gasteiger partial charge on any atom is -0.382 e. The topological polar surface area (TPSA) is 166 Å². The molecule has 1 aliphatic rings. The third kappa shape index (κ3) is 5.61. The SMILES string of the molecule is CCC(/C(=C/Nc1ccccc1F)N=N)c1[nH]c(/C(N)=N\C=N)c(C2=CN(C)C(C(F)(F)F)N=C2)c1C#N. The summed E-state index contributed by atoms with van der Waals surface area (Å²) in [4.78, 5) is 11.2. The summed E-state index contributed by atoms with van der Waals surface area (Å²) in [6, 6.07) is 7.95. The molecule has 0 saturated heterocycles. The highest BCUT2D eigenvalue weighted by Gasteiger charge is 2.43. The Kier molecular flexibility index (Phi) is 8.41.